The lowest BCUT2D eigenvalue weighted by Crippen LogP contribution is -2.44. The molecule has 1 aliphatic rings. The summed E-state index contributed by atoms with van der Waals surface area (Å²) in [6.07, 6.45) is 2.09. The summed E-state index contributed by atoms with van der Waals surface area (Å²) in [6, 6.07) is 0.754. The Hall–Kier alpha value is -0.610. The van der Waals surface area contributed by atoms with Crippen molar-refractivity contribution < 1.29 is 9.53 Å². The molecule has 112 valence electrons. The van der Waals surface area contributed by atoms with Crippen LogP contribution in [0.2, 0.25) is 0 Å². The molecule has 1 fully saturated rings. The molecule has 0 aromatic heterocycles. The van der Waals surface area contributed by atoms with Crippen molar-refractivity contribution in [2.75, 3.05) is 19.7 Å². The summed E-state index contributed by atoms with van der Waals surface area (Å²) < 4.78 is 5.15. The molecular formula is C15H30N2O2. The molecule has 0 radical (unpaired) electrons. The number of nitrogens with one attached hydrogen (secondary N) is 1. The van der Waals surface area contributed by atoms with E-state index in [0.29, 0.717) is 18.7 Å². The summed E-state index contributed by atoms with van der Waals surface area (Å²) in [4.78, 5) is 14.4. The van der Waals surface area contributed by atoms with E-state index in [9.17, 15) is 4.79 Å². The van der Waals surface area contributed by atoms with Gasteiger partial charge >= 0.3 is 5.97 Å². The Labute approximate surface area is 117 Å². The molecule has 1 N–H and O–H groups in total. The molecule has 1 heterocycles. The molecule has 0 bridgehead atoms. The molecule has 1 saturated heterocycles. The first kappa shape index (κ1) is 16.4. The summed E-state index contributed by atoms with van der Waals surface area (Å²) in [6.45, 7) is 13.1. The van der Waals surface area contributed by atoms with Gasteiger partial charge in [0.2, 0.25) is 0 Å². The zero-order chi connectivity index (χ0) is 14.4. The van der Waals surface area contributed by atoms with E-state index >= 15 is 0 Å². The molecule has 0 saturated carbocycles. The molecule has 4 nitrogen and oxygen atoms in total. The van der Waals surface area contributed by atoms with Crippen molar-refractivity contribution in [2.45, 2.75) is 65.6 Å². The third kappa shape index (κ3) is 5.49. The van der Waals surface area contributed by atoms with Gasteiger partial charge in [-0.15, -0.1) is 0 Å². The third-order valence-corrected chi connectivity index (χ3v) is 3.72. The number of nitrogens with zero attached hydrogens (tertiary/aromatic N) is 1. The fraction of sp³-hybridized carbons (Fsp3) is 0.933. The van der Waals surface area contributed by atoms with Gasteiger partial charge in [0.15, 0.2) is 0 Å². The average Bonchev–Trinajstić information content (AvgIpc) is 2.63. The van der Waals surface area contributed by atoms with Crippen LogP contribution in [0.5, 0.6) is 0 Å². The second-order valence-electron chi connectivity index (χ2n) is 6.10. The van der Waals surface area contributed by atoms with Crippen LogP contribution < -0.4 is 5.32 Å². The number of carbonyl (C=O) groups excluding carboxylic acids is 1. The maximum absolute atomic E-state index is 11.9. The predicted molar refractivity (Wildman–Crippen MR) is 78.1 cm³/mol. The summed E-state index contributed by atoms with van der Waals surface area (Å²) in [5, 5.41) is 3.31. The van der Waals surface area contributed by atoms with E-state index in [4.69, 9.17) is 4.74 Å². The third-order valence-electron chi connectivity index (χ3n) is 3.72. The van der Waals surface area contributed by atoms with E-state index in [1.165, 1.54) is 6.42 Å². The molecule has 0 aromatic rings. The number of esters is 1. The molecular weight excluding hydrogens is 240 g/mol. The van der Waals surface area contributed by atoms with Gasteiger partial charge < -0.3 is 15.0 Å². The van der Waals surface area contributed by atoms with Crippen LogP contribution in [0, 0.1) is 5.92 Å². The summed E-state index contributed by atoms with van der Waals surface area (Å²) in [5.74, 6) is 0.658. The molecule has 4 heteroatoms. The van der Waals surface area contributed by atoms with Crippen molar-refractivity contribution in [1.29, 1.82) is 0 Å². The van der Waals surface area contributed by atoms with Crippen LogP contribution in [-0.4, -0.2) is 48.7 Å². The summed E-state index contributed by atoms with van der Waals surface area (Å²) >= 11 is 0. The molecule has 0 aliphatic carbocycles. The summed E-state index contributed by atoms with van der Waals surface area (Å²) in [7, 11) is 0. The van der Waals surface area contributed by atoms with Crippen LogP contribution in [0.25, 0.3) is 0 Å². The maximum atomic E-state index is 11.9. The van der Waals surface area contributed by atoms with Crippen molar-refractivity contribution in [2.24, 2.45) is 5.92 Å². The van der Waals surface area contributed by atoms with E-state index in [1.54, 1.807) is 0 Å². The van der Waals surface area contributed by atoms with Crippen LogP contribution >= 0.6 is 0 Å². The molecule has 0 spiro atoms. The van der Waals surface area contributed by atoms with Gasteiger partial charge in [0.25, 0.3) is 0 Å². The van der Waals surface area contributed by atoms with E-state index in [2.05, 4.69) is 37.9 Å². The maximum Gasteiger partial charge on any atom is 0.323 e. The van der Waals surface area contributed by atoms with Crippen LogP contribution in [0.1, 0.15) is 47.5 Å². The highest BCUT2D eigenvalue weighted by atomic mass is 16.5. The lowest BCUT2D eigenvalue weighted by molar-refractivity contribution is -0.146. The zero-order valence-electron chi connectivity index (χ0n) is 13.1. The summed E-state index contributed by atoms with van der Waals surface area (Å²) in [5.41, 5.74) is 0. The van der Waals surface area contributed by atoms with E-state index in [1.807, 2.05) is 6.92 Å². The van der Waals surface area contributed by atoms with Gasteiger partial charge in [-0.2, -0.15) is 0 Å². The molecule has 1 aliphatic heterocycles. The number of rotatable bonds is 7. The molecule has 0 aromatic carbocycles. The Morgan fingerprint density at radius 1 is 1.42 bits per heavy atom. The van der Waals surface area contributed by atoms with Crippen molar-refractivity contribution in [1.82, 2.24) is 10.2 Å². The largest absolute Gasteiger partial charge is 0.465 e. The Balaban J connectivity index is 2.45. The minimum Gasteiger partial charge on any atom is -0.465 e. The van der Waals surface area contributed by atoms with Gasteiger partial charge in [0.05, 0.1) is 6.61 Å². The van der Waals surface area contributed by atoms with Gasteiger partial charge in [0.1, 0.15) is 6.04 Å². The van der Waals surface area contributed by atoms with Gasteiger partial charge in [-0.1, -0.05) is 20.8 Å². The second-order valence-corrected chi connectivity index (χ2v) is 6.10. The standard InChI is InChI=1S/C15H30N2O2/c1-6-19-15(18)14(16-11(2)3)7-8-17-10-12(4)9-13(17)5/h11-14,16H,6-10H2,1-5H3. The fourth-order valence-electron chi connectivity index (χ4n) is 2.91. The molecule has 3 atom stereocenters. The number of likely N-dealkylation sites (tertiary alicyclic amines) is 1. The normalized spacial score (nSPS) is 25.8. The minimum atomic E-state index is -0.178. The number of hydrogen-bond donors (Lipinski definition) is 1. The highest BCUT2D eigenvalue weighted by Crippen LogP contribution is 2.22. The van der Waals surface area contributed by atoms with Gasteiger partial charge in [-0.05, 0) is 32.6 Å². The highest BCUT2D eigenvalue weighted by Gasteiger charge is 2.28. The Morgan fingerprint density at radius 2 is 2.11 bits per heavy atom. The van der Waals surface area contributed by atoms with Crippen molar-refractivity contribution >= 4 is 5.97 Å². The lowest BCUT2D eigenvalue weighted by atomic mass is 10.1. The van der Waals surface area contributed by atoms with Crippen molar-refractivity contribution in [3.63, 3.8) is 0 Å². The Kier molecular flexibility index (Phi) is 6.80. The molecule has 19 heavy (non-hydrogen) atoms. The molecule has 3 unspecified atom stereocenters. The smallest absolute Gasteiger partial charge is 0.323 e. The van der Waals surface area contributed by atoms with Crippen LogP contribution in [-0.2, 0) is 9.53 Å². The van der Waals surface area contributed by atoms with Crippen LogP contribution in [0.3, 0.4) is 0 Å². The first-order valence-corrected chi connectivity index (χ1v) is 7.60. The molecule has 1 rings (SSSR count). The van der Waals surface area contributed by atoms with Crippen LogP contribution in [0.4, 0.5) is 0 Å². The van der Waals surface area contributed by atoms with Crippen molar-refractivity contribution in [3.05, 3.63) is 0 Å². The Morgan fingerprint density at radius 3 is 2.58 bits per heavy atom. The SMILES string of the molecule is CCOC(=O)C(CCN1CC(C)CC1C)NC(C)C. The van der Waals surface area contributed by atoms with Crippen molar-refractivity contribution in [3.8, 4) is 0 Å². The first-order valence-electron chi connectivity index (χ1n) is 7.60. The number of ether oxygens (including phenoxy) is 1. The lowest BCUT2D eigenvalue weighted by Gasteiger charge is -2.25. The fourth-order valence-corrected chi connectivity index (χ4v) is 2.91. The van der Waals surface area contributed by atoms with Gasteiger partial charge in [-0.3, -0.25) is 4.79 Å². The Bertz CT molecular complexity index is 281. The first-order chi connectivity index (χ1) is 8.93. The number of hydrogen-bond acceptors (Lipinski definition) is 4. The zero-order valence-corrected chi connectivity index (χ0v) is 13.1. The van der Waals surface area contributed by atoms with Crippen LogP contribution in [0.15, 0.2) is 0 Å². The van der Waals surface area contributed by atoms with Gasteiger partial charge in [-0.25, -0.2) is 0 Å². The topological polar surface area (TPSA) is 41.6 Å². The highest BCUT2D eigenvalue weighted by molar-refractivity contribution is 5.75. The number of carbonyl (C=O) groups is 1. The van der Waals surface area contributed by atoms with E-state index in [0.717, 1.165) is 25.4 Å². The van der Waals surface area contributed by atoms with Gasteiger partial charge in [0, 0.05) is 25.2 Å². The predicted octanol–water partition coefficient (Wildman–Crippen LogP) is 2.04. The monoisotopic (exact) mass is 270 g/mol. The minimum absolute atomic E-state index is 0.115. The van der Waals surface area contributed by atoms with E-state index in [-0.39, 0.29) is 12.0 Å². The average molecular weight is 270 g/mol. The quantitative estimate of drug-likeness (QED) is 0.719. The second kappa shape index (κ2) is 7.85. The molecule has 0 amide bonds. The van der Waals surface area contributed by atoms with E-state index < -0.39 is 0 Å².